The van der Waals surface area contributed by atoms with Crippen molar-refractivity contribution in [3.63, 3.8) is 0 Å². The molecule has 0 aliphatic rings. The summed E-state index contributed by atoms with van der Waals surface area (Å²) in [6, 6.07) is 4.21. The number of hydrogen-bond acceptors (Lipinski definition) is 4. The molecule has 0 bridgehead atoms. The molecule has 0 amide bonds. The lowest BCUT2D eigenvalue weighted by atomic mass is 10.2. The maximum Gasteiger partial charge on any atom is 0.313 e. The van der Waals surface area contributed by atoms with Gasteiger partial charge >= 0.3 is 5.69 Å². The fraction of sp³-hybridized carbons (Fsp3) is 0. The van der Waals surface area contributed by atoms with E-state index in [-0.39, 0.29) is 11.2 Å². The number of pyridine rings is 1. The predicted molar refractivity (Wildman–Crippen MR) is 55.1 cm³/mol. The summed E-state index contributed by atoms with van der Waals surface area (Å²) in [4.78, 5) is 13.7. The Morgan fingerprint density at radius 1 is 1.40 bits per heavy atom. The summed E-state index contributed by atoms with van der Waals surface area (Å²) >= 11 is 5.84. The molecular weight excluding hydrogens is 220 g/mol. The average molecular weight is 225 g/mol. The molecule has 2 aromatic rings. The number of rotatable bonds is 1. The Bertz CT molecular complexity index is 556. The van der Waals surface area contributed by atoms with E-state index in [1.165, 1.54) is 18.3 Å². The Kier molecular flexibility index (Phi) is 2.17. The van der Waals surface area contributed by atoms with E-state index in [9.17, 15) is 15.2 Å². The van der Waals surface area contributed by atoms with Gasteiger partial charge < -0.3 is 5.11 Å². The number of phenols is 1. The third-order valence-electron chi connectivity index (χ3n) is 2.01. The van der Waals surface area contributed by atoms with Crippen LogP contribution >= 0.6 is 11.6 Å². The standard InChI is InChI=1S/C9H5ClN2O3/c10-6-3-4-11-8-5(6)1-2-7(9(8)13)12(14)15/h1-4,13H. The van der Waals surface area contributed by atoms with E-state index in [0.717, 1.165) is 0 Å². The Hall–Kier alpha value is -1.88. The SMILES string of the molecule is O=[N+]([O-])c1ccc2c(Cl)ccnc2c1O. The first-order chi connectivity index (χ1) is 7.11. The van der Waals surface area contributed by atoms with E-state index >= 15 is 0 Å². The molecular formula is C9H5ClN2O3. The molecule has 2 rings (SSSR count). The van der Waals surface area contributed by atoms with Crippen molar-refractivity contribution in [1.29, 1.82) is 0 Å². The molecule has 0 saturated carbocycles. The van der Waals surface area contributed by atoms with Crippen LogP contribution in [0, 0.1) is 10.1 Å². The summed E-state index contributed by atoms with van der Waals surface area (Å²) in [5, 5.41) is 21.0. The number of hydrogen-bond donors (Lipinski definition) is 1. The van der Waals surface area contributed by atoms with Gasteiger partial charge in [0.25, 0.3) is 0 Å². The quantitative estimate of drug-likeness (QED) is 0.596. The second-order valence-electron chi connectivity index (χ2n) is 2.88. The smallest absolute Gasteiger partial charge is 0.313 e. The van der Waals surface area contributed by atoms with Crippen molar-refractivity contribution in [3.8, 4) is 5.75 Å². The minimum absolute atomic E-state index is 0.136. The average Bonchev–Trinajstić information content (AvgIpc) is 2.19. The molecule has 15 heavy (non-hydrogen) atoms. The number of aromatic hydroxyl groups is 1. The second-order valence-corrected chi connectivity index (χ2v) is 3.29. The molecule has 6 heteroatoms. The lowest BCUT2D eigenvalue weighted by Crippen LogP contribution is -1.90. The first-order valence-corrected chi connectivity index (χ1v) is 4.39. The van der Waals surface area contributed by atoms with Gasteiger partial charge in [-0.25, -0.2) is 0 Å². The molecule has 0 aliphatic heterocycles. The molecule has 1 aromatic carbocycles. The molecule has 0 unspecified atom stereocenters. The highest BCUT2D eigenvalue weighted by Crippen LogP contribution is 2.35. The van der Waals surface area contributed by atoms with Crippen LogP contribution in [0.3, 0.4) is 0 Å². The van der Waals surface area contributed by atoms with Crippen LogP contribution in [0.2, 0.25) is 5.02 Å². The number of fused-ring (bicyclic) bond motifs is 1. The van der Waals surface area contributed by atoms with Gasteiger partial charge in [0.1, 0.15) is 5.52 Å². The van der Waals surface area contributed by atoms with Crippen molar-refractivity contribution in [3.05, 3.63) is 39.5 Å². The predicted octanol–water partition coefficient (Wildman–Crippen LogP) is 2.50. The van der Waals surface area contributed by atoms with Crippen molar-refractivity contribution < 1.29 is 10.0 Å². The molecule has 0 fully saturated rings. The van der Waals surface area contributed by atoms with E-state index in [0.29, 0.717) is 10.4 Å². The number of nitrogens with zero attached hydrogens (tertiary/aromatic N) is 2. The second kappa shape index (κ2) is 3.36. The maximum atomic E-state index is 10.5. The Labute approximate surface area is 89.1 Å². The van der Waals surface area contributed by atoms with Crippen LogP contribution < -0.4 is 0 Å². The highest BCUT2D eigenvalue weighted by Gasteiger charge is 2.17. The highest BCUT2D eigenvalue weighted by atomic mass is 35.5. The third kappa shape index (κ3) is 1.46. The molecule has 0 aliphatic carbocycles. The fourth-order valence-corrected chi connectivity index (χ4v) is 1.52. The van der Waals surface area contributed by atoms with Crippen LogP contribution in [-0.4, -0.2) is 15.0 Å². The molecule has 0 saturated heterocycles. The van der Waals surface area contributed by atoms with Crippen molar-refractivity contribution in [1.82, 2.24) is 4.98 Å². The topological polar surface area (TPSA) is 76.3 Å². The summed E-state index contributed by atoms with van der Waals surface area (Å²) < 4.78 is 0. The molecule has 0 radical (unpaired) electrons. The largest absolute Gasteiger partial charge is 0.501 e. The minimum atomic E-state index is -0.669. The molecule has 76 valence electrons. The first kappa shape index (κ1) is 9.67. The Morgan fingerprint density at radius 3 is 2.80 bits per heavy atom. The molecule has 0 spiro atoms. The molecule has 1 heterocycles. The fourth-order valence-electron chi connectivity index (χ4n) is 1.31. The van der Waals surface area contributed by atoms with Gasteiger partial charge in [-0.05, 0) is 12.1 Å². The summed E-state index contributed by atoms with van der Waals surface area (Å²) in [6.07, 6.45) is 1.38. The van der Waals surface area contributed by atoms with Gasteiger partial charge in [-0.15, -0.1) is 0 Å². The number of nitro groups is 1. The number of benzene rings is 1. The van der Waals surface area contributed by atoms with Gasteiger partial charge in [0.15, 0.2) is 0 Å². The number of nitro benzene ring substituents is 1. The third-order valence-corrected chi connectivity index (χ3v) is 2.34. The summed E-state index contributed by atoms with van der Waals surface area (Å²) in [5.41, 5.74) is -0.242. The van der Waals surface area contributed by atoms with Gasteiger partial charge in [-0.2, -0.15) is 0 Å². The van der Waals surface area contributed by atoms with E-state index in [4.69, 9.17) is 11.6 Å². The van der Waals surface area contributed by atoms with Gasteiger partial charge in [-0.1, -0.05) is 11.6 Å². The molecule has 1 aromatic heterocycles. The van der Waals surface area contributed by atoms with Gasteiger partial charge in [-0.3, -0.25) is 15.1 Å². The molecule has 1 N–H and O–H groups in total. The van der Waals surface area contributed by atoms with Gasteiger partial charge in [0.05, 0.1) is 9.95 Å². The van der Waals surface area contributed by atoms with Crippen molar-refractivity contribution >= 4 is 28.2 Å². The van der Waals surface area contributed by atoms with Crippen LogP contribution in [0.25, 0.3) is 10.9 Å². The van der Waals surface area contributed by atoms with Crippen LogP contribution in [0.1, 0.15) is 0 Å². The maximum absolute atomic E-state index is 10.5. The normalized spacial score (nSPS) is 10.5. The number of halogens is 1. The van der Waals surface area contributed by atoms with Gasteiger partial charge in [0.2, 0.25) is 5.75 Å². The van der Waals surface area contributed by atoms with Crippen LogP contribution in [0.15, 0.2) is 24.4 Å². The summed E-state index contributed by atoms with van der Waals surface area (Å²) in [5.74, 6) is -0.458. The van der Waals surface area contributed by atoms with Crippen molar-refractivity contribution in [2.75, 3.05) is 0 Å². The highest BCUT2D eigenvalue weighted by molar-refractivity contribution is 6.35. The number of phenolic OH excluding ortho intramolecular Hbond substituents is 1. The van der Waals surface area contributed by atoms with E-state index in [2.05, 4.69) is 4.98 Å². The monoisotopic (exact) mass is 224 g/mol. The molecule has 0 atom stereocenters. The van der Waals surface area contributed by atoms with E-state index < -0.39 is 10.7 Å². The zero-order valence-corrected chi connectivity index (χ0v) is 8.10. The van der Waals surface area contributed by atoms with E-state index in [1.807, 2.05) is 0 Å². The van der Waals surface area contributed by atoms with Crippen LogP contribution in [0.4, 0.5) is 5.69 Å². The van der Waals surface area contributed by atoms with Crippen molar-refractivity contribution in [2.45, 2.75) is 0 Å². The zero-order valence-electron chi connectivity index (χ0n) is 7.35. The minimum Gasteiger partial charge on any atom is -0.501 e. The lowest BCUT2D eigenvalue weighted by molar-refractivity contribution is -0.385. The lowest BCUT2D eigenvalue weighted by Gasteiger charge is -2.01. The first-order valence-electron chi connectivity index (χ1n) is 4.02. The van der Waals surface area contributed by atoms with Crippen LogP contribution in [0.5, 0.6) is 5.75 Å². The number of aromatic nitrogens is 1. The van der Waals surface area contributed by atoms with E-state index in [1.54, 1.807) is 6.07 Å². The molecule has 5 nitrogen and oxygen atoms in total. The summed E-state index contributed by atoms with van der Waals surface area (Å²) in [6.45, 7) is 0. The summed E-state index contributed by atoms with van der Waals surface area (Å²) in [7, 11) is 0. The Balaban J connectivity index is 2.86. The van der Waals surface area contributed by atoms with Crippen LogP contribution in [-0.2, 0) is 0 Å². The van der Waals surface area contributed by atoms with Crippen molar-refractivity contribution in [2.24, 2.45) is 0 Å². The zero-order chi connectivity index (χ0) is 11.0. The van der Waals surface area contributed by atoms with Gasteiger partial charge in [0, 0.05) is 17.6 Å². The Morgan fingerprint density at radius 2 is 2.13 bits per heavy atom.